The maximum atomic E-state index is 12.0. The van der Waals surface area contributed by atoms with Crippen LogP contribution in [0.25, 0.3) is 0 Å². The first-order valence-electron chi connectivity index (χ1n) is 8.56. The van der Waals surface area contributed by atoms with Gasteiger partial charge in [0, 0.05) is 21.3 Å². The Morgan fingerprint density at radius 3 is 2.52 bits per heavy atom. The van der Waals surface area contributed by atoms with Crippen molar-refractivity contribution in [3.8, 4) is 5.75 Å². The minimum absolute atomic E-state index is 0.0410. The van der Waals surface area contributed by atoms with Crippen molar-refractivity contribution < 1.29 is 14.5 Å². The van der Waals surface area contributed by atoms with Crippen molar-refractivity contribution in [1.29, 1.82) is 0 Å². The predicted molar refractivity (Wildman–Crippen MR) is 118 cm³/mol. The summed E-state index contributed by atoms with van der Waals surface area (Å²) in [5.41, 5.74) is 4.64. The second-order valence-corrected chi connectivity index (χ2v) is 7.24. The summed E-state index contributed by atoms with van der Waals surface area (Å²) >= 11 is 2.17. The smallest absolute Gasteiger partial charge is 0.271 e. The first-order chi connectivity index (χ1) is 14.0. The first kappa shape index (κ1) is 20.5. The molecule has 0 unspecified atom stereocenters. The van der Waals surface area contributed by atoms with E-state index in [1.54, 1.807) is 36.4 Å². The summed E-state index contributed by atoms with van der Waals surface area (Å²) in [5, 5.41) is 14.7. The summed E-state index contributed by atoms with van der Waals surface area (Å²) in [6, 6.07) is 20.6. The standard InChI is InChI=1S/C21H16IN3O4/c22-18-8-6-17(7-9-18)21(26)24-23-13-16-2-1-3-20(12-16)29-14-15-4-10-19(11-5-15)25(27)28/h1-13H,14H2,(H,24,26)/b23-13-. The van der Waals surface area contributed by atoms with Crippen molar-refractivity contribution in [3.05, 3.63) is 103 Å². The van der Waals surface area contributed by atoms with Crippen LogP contribution in [0.1, 0.15) is 21.5 Å². The van der Waals surface area contributed by atoms with Crippen LogP contribution in [0.15, 0.2) is 77.9 Å². The Balaban J connectivity index is 1.56. The number of halogens is 1. The van der Waals surface area contributed by atoms with Gasteiger partial charge >= 0.3 is 0 Å². The third-order valence-corrected chi connectivity index (χ3v) is 4.62. The average molecular weight is 501 g/mol. The molecular formula is C21H16IN3O4. The fraction of sp³-hybridized carbons (Fsp3) is 0.0476. The van der Waals surface area contributed by atoms with Crippen molar-refractivity contribution in [1.82, 2.24) is 5.43 Å². The predicted octanol–water partition coefficient (Wildman–Crippen LogP) is 4.54. The Morgan fingerprint density at radius 2 is 1.83 bits per heavy atom. The van der Waals surface area contributed by atoms with Gasteiger partial charge in [-0.1, -0.05) is 12.1 Å². The number of carbonyl (C=O) groups is 1. The molecule has 3 rings (SSSR count). The number of nitrogens with one attached hydrogen (secondary N) is 1. The average Bonchev–Trinajstić information content (AvgIpc) is 2.73. The van der Waals surface area contributed by atoms with Gasteiger partial charge in [0.05, 0.1) is 11.1 Å². The molecule has 3 aromatic carbocycles. The normalized spacial score (nSPS) is 10.7. The Morgan fingerprint density at radius 1 is 1.10 bits per heavy atom. The van der Waals surface area contributed by atoms with E-state index >= 15 is 0 Å². The molecule has 0 aliphatic heterocycles. The summed E-state index contributed by atoms with van der Waals surface area (Å²) in [5.74, 6) is 0.333. The molecule has 1 amide bonds. The molecule has 0 aliphatic carbocycles. The van der Waals surface area contributed by atoms with E-state index in [4.69, 9.17) is 4.74 Å². The van der Waals surface area contributed by atoms with E-state index in [1.165, 1.54) is 18.3 Å². The summed E-state index contributed by atoms with van der Waals surface area (Å²) in [7, 11) is 0. The van der Waals surface area contributed by atoms with E-state index in [0.717, 1.165) is 14.7 Å². The van der Waals surface area contributed by atoms with Crippen molar-refractivity contribution in [2.45, 2.75) is 6.61 Å². The van der Waals surface area contributed by atoms with E-state index in [9.17, 15) is 14.9 Å². The molecule has 0 atom stereocenters. The van der Waals surface area contributed by atoms with Gasteiger partial charge in [-0.05, 0) is 82.2 Å². The third kappa shape index (κ3) is 6.11. The van der Waals surface area contributed by atoms with E-state index in [1.807, 2.05) is 24.3 Å². The molecule has 0 fully saturated rings. The van der Waals surface area contributed by atoms with Crippen LogP contribution in [0, 0.1) is 13.7 Å². The SMILES string of the molecule is O=C(N/N=C\c1cccc(OCc2ccc([N+](=O)[O-])cc2)c1)c1ccc(I)cc1. The fourth-order valence-corrected chi connectivity index (χ4v) is 2.76. The Hall–Kier alpha value is -3.27. The van der Waals surface area contributed by atoms with Crippen LogP contribution >= 0.6 is 22.6 Å². The lowest BCUT2D eigenvalue weighted by Gasteiger charge is -2.07. The molecule has 8 heteroatoms. The lowest BCUT2D eigenvalue weighted by atomic mass is 10.2. The number of nitrogens with zero attached hydrogens (tertiary/aromatic N) is 2. The number of hydrogen-bond donors (Lipinski definition) is 1. The van der Waals surface area contributed by atoms with Crippen molar-refractivity contribution in [2.75, 3.05) is 0 Å². The maximum Gasteiger partial charge on any atom is 0.271 e. The highest BCUT2D eigenvalue weighted by Crippen LogP contribution is 2.16. The zero-order chi connectivity index (χ0) is 20.6. The maximum absolute atomic E-state index is 12.0. The summed E-state index contributed by atoms with van der Waals surface area (Å²) in [4.78, 5) is 22.3. The van der Waals surface area contributed by atoms with Gasteiger partial charge in [0.15, 0.2) is 0 Å². The van der Waals surface area contributed by atoms with E-state index in [-0.39, 0.29) is 18.2 Å². The fourth-order valence-electron chi connectivity index (χ4n) is 2.40. The van der Waals surface area contributed by atoms with Crippen LogP contribution in [-0.2, 0) is 6.61 Å². The monoisotopic (exact) mass is 501 g/mol. The molecule has 29 heavy (non-hydrogen) atoms. The number of carbonyl (C=O) groups excluding carboxylic acids is 1. The van der Waals surface area contributed by atoms with Crippen molar-refractivity contribution in [3.63, 3.8) is 0 Å². The number of non-ortho nitro benzene ring substituents is 1. The molecule has 0 aromatic heterocycles. The Bertz CT molecular complexity index is 1030. The molecule has 0 saturated heterocycles. The van der Waals surface area contributed by atoms with Gasteiger partial charge < -0.3 is 4.74 Å². The van der Waals surface area contributed by atoms with Crippen molar-refractivity contribution >= 4 is 40.4 Å². The highest BCUT2D eigenvalue weighted by Gasteiger charge is 2.05. The number of amides is 1. The largest absolute Gasteiger partial charge is 0.489 e. The quantitative estimate of drug-likeness (QED) is 0.223. The van der Waals surface area contributed by atoms with Crippen LogP contribution in [0.3, 0.4) is 0 Å². The lowest BCUT2D eigenvalue weighted by molar-refractivity contribution is -0.384. The van der Waals surface area contributed by atoms with Gasteiger partial charge in [0.25, 0.3) is 11.6 Å². The van der Waals surface area contributed by atoms with Crippen molar-refractivity contribution in [2.24, 2.45) is 5.10 Å². The molecule has 146 valence electrons. The molecule has 0 radical (unpaired) electrons. The zero-order valence-electron chi connectivity index (χ0n) is 15.1. The van der Waals surface area contributed by atoms with Gasteiger partial charge in [-0.2, -0.15) is 5.10 Å². The number of ether oxygens (including phenoxy) is 1. The highest BCUT2D eigenvalue weighted by atomic mass is 127. The first-order valence-corrected chi connectivity index (χ1v) is 9.64. The molecule has 0 aliphatic rings. The second-order valence-electron chi connectivity index (χ2n) is 5.99. The summed E-state index contributed by atoms with van der Waals surface area (Å²) in [6.45, 7) is 0.280. The summed E-state index contributed by atoms with van der Waals surface area (Å²) < 4.78 is 6.77. The molecule has 7 nitrogen and oxygen atoms in total. The molecule has 0 heterocycles. The van der Waals surface area contributed by atoms with E-state index < -0.39 is 4.92 Å². The Kier molecular flexibility index (Phi) is 6.90. The van der Waals surface area contributed by atoms with E-state index in [0.29, 0.717) is 11.3 Å². The third-order valence-electron chi connectivity index (χ3n) is 3.90. The van der Waals surface area contributed by atoms with Crippen LogP contribution in [-0.4, -0.2) is 17.0 Å². The van der Waals surface area contributed by atoms with Gasteiger partial charge in [0.2, 0.25) is 0 Å². The number of hydrazone groups is 1. The minimum Gasteiger partial charge on any atom is -0.489 e. The summed E-state index contributed by atoms with van der Waals surface area (Å²) in [6.07, 6.45) is 1.53. The lowest BCUT2D eigenvalue weighted by Crippen LogP contribution is -2.17. The van der Waals surface area contributed by atoms with Crippen LogP contribution in [0.5, 0.6) is 5.75 Å². The number of rotatable bonds is 7. The number of nitro groups is 1. The number of benzene rings is 3. The van der Waals surface area contributed by atoms with E-state index in [2.05, 4.69) is 33.1 Å². The Labute approximate surface area is 180 Å². The second kappa shape index (κ2) is 9.78. The molecule has 3 aromatic rings. The molecule has 0 spiro atoms. The molecule has 0 saturated carbocycles. The minimum atomic E-state index is -0.440. The topological polar surface area (TPSA) is 93.8 Å². The van der Waals surface area contributed by atoms with Crippen LogP contribution in [0.2, 0.25) is 0 Å². The zero-order valence-corrected chi connectivity index (χ0v) is 17.3. The molecule has 1 N–H and O–H groups in total. The van der Waals surface area contributed by atoms with Crippen LogP contribution in [0.4, 0.5) is 5.69 Å². The van der Waals surface area contributed by atoms with Crippen LogP contribution < -0.4 is 10.2 Å². The number of hydrogen-bond acceptors (Lipinski definition) is 5. The number of nitro benzene ring substituents is 1. The molecule has 0 bridgehead atoms. The van der Waals surface area contributed by atoms with Gasteiger partial charge in [-0.15, -0.1) is 0 Å². The van der Waals surface area contributed by atoms with Gasteiger partial charge in [0.1, 0.15) is 12.4 Å². The van der Waals surface area contributed by atoms with Gasteiger partial charge in [-0.3, -0.25) is 14.9 Å². The molecular weight excluding hydrogens is 485 g/mol. The highest BCUT2D eigenvalue weighted by molar-refractivity contribution is 14.1. The van der Waals surface area contributed by atoms with Gasteiger partial charge in [-0.25, -0.2) is 5.43 Å².